The summed E-state index contributed by atoms with van der Waals surface area (Å²) in [5, 5.41) is 2.83. The summed E-state index contributed by atoms with van der Waals surface area (Å²) >= 11 is 0. The van der Waals surface area contributed by atoms with Crippen LogP contribution in [0.15, 0.2) is 42.0 Å². The number of nitrogens with one attached hydrogen (secondary N) is 1. The number of hydrogen-bond acceptors (Lipinski definition) is 1. The van der Waals surface area contributed by atoms with Crippen LogP contribution in [0.5, 0.6) is 0 Å². The highest BCUT2D eigenvalue weighted by Gasteiger charge is 2.25. The summed E-state index contributed by atoms with van der Waals surface area (Å²) in [5.41, 5.74) is 4.28. The number of hydrogen-bond donors (Lipinski definition) is 1. The number of rotatable bonds is 0. The monoisotopic (exact) mass is 169 g/mol. The average Bonchev–Trinajstić information content (AvgIpc) is 2.83. The van der Waals surface area contributed by atoms with Gasteiger partial charge in [-0.25, -0.2) is 0 Å². The van der Waals surface area contributed by atoms with E-state index in [0.717, 1.165) is 16.8 Å². The van der Waals surface area contributed by atoms with Gasteiger partial charge < -0.3 is 5.32 Å². The van der Waals surface area contributed by atoms with E-state index in [1.165, 1.54) is 5.57 Å². The number of amides is 1. The minimum Gasteiger partial charge on any atom is -0.322 e. The van der Waals surface area contributed by atoms with Crippen LogP contribution in [-0.4, -0.2) is 5.91 Å². The predicted octanol–water partition coefficient (Wildman–Crippen LogP) is 1.96. The van der Waals surface area contributed by atoms with Crippen molar-refractivity contribution < 1.29 is 4.79 Å². The largest absolute Gasteiger partial charge is 0.322 e. The van der Waals surface area contributed by atoms with Crippen molar-refractivity contribution in [3.05, 3.63) is 47.6 Å². The second kappa shape index (κ2) is 2.10. The Morgan fingerprint density at radius 3 is 2.85 bits per heavy atom. The SMILES string of the molecule is O=C1C=C2C=C2c2ccccc2N1. The van der Waals surface area contributed by atoms with E-state index in [9.17, 15) is 4.79 Å². The number of carbonyl (C=O) groups is 1. The zero-order chi connectivity index (χ0) is 8.84. The highest BCUT2D eigenvalue weighted by Crippen LogP contribution is 2.42. The molecule has 0 bridgehead atoms. The third-order valence-corrected chi connectivity index (χ3v) is 2.29. The Kier molecular flexibility index (Phi) is 1.08. The molecule has 0 unspecified atom stereocenters. The fraction of sp³-hybridized carbons (Fsp3) is 0. The molecule has 62 valence electrons. The number of fused-ring (bicyclic) bond motifs is 3. The van der Waals surface area contributed by atoms with Gasteiger partial charge in [-0.2, -0.15) is 0 Å². The van der Waals surface area contributed by atoms with E-state index in [-0.39, 0.29) is 5.91 Å². The molecule has 2 heteroatoms. The van der Waals surface area contributed by atoms with E-state index >= 15 is 0 Å². The molecule has 2 aliphatic rings. The highest BCUT2D eigenvalue weighted by molar-refractivity contribution is 6.14. The second-order valence-electron chi connectivity index (χ2n) is 3.19. The van der Waals surface area contributed by atoms with Crippen LogP contribution in [0.1, 0.15) is 5.56 Å². The van der Waals surface area contributed by atoms with Gasteiger partial charge >= 0.3 is 0 Å². The molecular weight excluding hydrogens is 162 g/mol. The van der Waals surface area contributed by atoms with Gasteiger partial charge in [-0.1, -0.05) is 18.2 Å². The van der Waals surface area contributed by atoms with Crippen LogP contribution < -0.4 is 5.32 Å². The molecule has 1 aliphatic heterocycles. The lowest BCUT2D eigenvalue weighted by Gasteiger charge is -2.04. The first-order valence-corrected chi connectivity index (χ1v) is 4.19. The normalized spacial score (nSPS) is 17.4. The predicted molar refractivity (Wildman–Crippen MR) is 51.1 cm³/mol. The molecule has 1 heterocycles. The maximum absolute atomic E-state index is 11.3. The standard InChI is InChI=1S/C11H7NO/c13-11-6-7-5-9(7)8-3-1-2-4-10(8)12-11/h1-6H,(H,12,13). The van der Waals surface area contributed by atoms with Gasteiger partial charge in [-0.3, -0.25) is 4.79 Å². The van der Waals surface area contributed by atoms with Gasteiger partial charge in [0.05, 0.1) is 0 Å². The molecule has 1 aromatic carbocycles. The van der Waals surface area contributed by atoms with Crippen molar-refractivity contribution in [2.45, 2.75) is 0 Å². The van der Waals surface area contributed by atoms with Gasteiger partial charge in [0.1, 0.15) is 0 Å². The fourth-order valence-corrected chi connectivity index (χ4v) is 1.61. The van der Waals surface area contributed by atoms with E-state index in [1.54, 1.807) is 6.08 Å². The van der Waals surface area contributed by atoms with Crippen LogP contribution in [0, 0.1) is 0 Å². The topological polar surface area (TPSA) is 29.1 Å². The smallest absolute Gasteiger partial charge is 0.249 e. The number of anilines is 1. The lowest BCUT2D eigenvalue weighted by molar-refractivity contribution is -0.111. The maximum atomic E-state index is 11.3. The Hall–Kier alpha value is -1.83. The van der Waals surface area contributed by atoms with Crippen molar-refractivity contribution in [3.63, 3.8) is 0 Å². The second-order valence-corrected chi connectivity index (χ2v) is 3.19. The van der Waals surface area contributed by atoms with Gasteiger partial charge in [0, 0.05) is 17.3 Å². The summed E-state index contributed by atoms with van der Waals surface area (Å²) in [7, 11) is 0. The first-order valence-electron chi connectivity index (χ1n) is 4.19. The number of benzene rings is 1. The Morgan fingerprint density at radius 1 is 1.08 bits per heavy atom. The van der Waals surface area contributed by atoms with Crippen molar-refractivity contribution >= 4 is 17.2 Å². The van der Waals surface area contributed by atoms with Crippen LogP contribution in [0.2, 0.25) is 0 Å². The first kappa shape index (κ1) is 6.66. The Bertz CT molecular complexity index is 469. The zero-order valence-electron chi connectivity index (χ0n) is 6.87. The molecule has 0 aromatic heterocycles. The van der Waals surface area contributed by atoms with Gasteiger partial charge in [0.25, 0.3) is 0 Å². The van der Waals surface area contributed by atoms with E-state index in [4.69, 9.17) is 0 Å². The summed E-state index contributed by atoms with van der Waals surface area (Å²) in [5.74, 6) is -0.0359. The molecule has 3 rings (SSSR count). The third kappa shape index (κ3) is 0.920. The average molecular weight is 169 g/mol. The lowest BCUT2D eigenvalue weighted by Crippen LogP contribution is -2.07. The highest BCUT2D eigenvalue weighted by atomic mass is 16.1. The van der Waals surface area contributed by atoms with Crippen molar-refractivity contribution in [2.75, 3.05) is 5.32 Å². The van der Waals surface area contributed by atoms with E-state index < -0.39 is 0 Å². The fourth-order valence-electron chi connectivity index (χ4n) is 1.61. The molecule has 0 saturated heterocycles. The molecular formula is C11H7NO. The Labute approximate surface area is 75.6 Å². The lowest BCUT2D eigenvalue weighted by atomic mass is 10.1. The molecule has 0 fully saturated rings. The van der Waals surface area contributed by atoms with Crippen LogP contribution in [-0.2, 0) is 4.79 Å². The molecule has 0 spiro atoms. The summed E-state index contributed by atoms with van der Waals surface area (Å²) in [6.45, 7) is 0. The quantitative estimate of drug-likeness (QED) is 0.632. The Morgan fingerprint density at radius 2 is 1.92 bits per heavy atom. The number of para-hydroxylation sites is 1. The van der Waals surface area contributed by atoms with E-state index in [2.05, 4.69) is 5.32 Å². The van der Waals surface area contributed by atoms with Gasteiger partial charge in [-0.15, -0.1) is 0 Å². The van der Waals surface area contributed by atoms with E-state index in [1.807, 2.05) is 30.3 Å². The number of carbonyl (C=O) groups excluding carboxylic acids is 1. The van der Waals surface area contributed by atoms with Crippen molar-refractivity contribution in [1.29, 1.82) is 0 Å². The summed E-state index contributed by atoms with van der Waals surface area (Å²) in [6.07, 6.45) is 3.66. The summed E-state index contributed by atoms with van der Waals surface area (Å²) < 4.78 is 0. The minimum absolute atomic E-state index is 0.0359. The summed E-state index contributed by atoms with van der Waals surface area (Å²) in [4.78, 5) is 11.3. The third-order valence-electron chi connectivity index (χ3n) is 2.29. The molecule has 1 aromatic rings. The van der Waals surface area contributed by atoms with Gasteiger partial charge in [0.15, 0.2) is 0 Å². The zero-order valence-corrected chi connectivity index (χ0v) is 6.87. The molecule has 2 nitrogen and oxygen atoms in total. The molecule has 0 atom stereocenters. The first-order chi connectivity index (χ1) is 6.34. The van der Waals surface area contributed by atoms with Crippen molar-refractivity contribution in [1.82, 2.24) is 0 Å². The van der Waals surface area contributed by atoms with Gasteiger partial charge in [0.2, 0.25) is 5.91 Å². The van der Waals surface area contributed by atoms with Crippen LogP contribution in [0.4, 0.5) is 5.69 Å². The Balaban J connectivity index is 2.23. The molecule has 1 amide bonds. The van der Waals surface area contributed by atoms with Crippen LogP contribution >= 0.6 is 0 Å². The number of allylic oxidation sites excluding steroid dienone is 3. The molecule has 1 aliphatic carbocycles. The van der Waals surface area contributed by atoms with E-state index in [0.29, 0.717) is 0 Å². The van der Waals surface area contributed by atoms with Crippen molar-refractivity contribution in [3.8, 4) is 0 Å². The molecule has 0 radical (unpaired) electrons. The minimum atomic E-state index is -0.0359. The van der Waals surface area contributed by atoms with Crippen LogP contribution in [0.25, 0.3) is 5.57 Å². The molecule has 0 saturated carbocycles. The molecule has 1 N–H and O–H groups in total. The maximum Gasteiger partial charge on any atom is 0.249 e. The van der Waals surface area contributed by atoms with Gasteiger partial charge in [-0.05, 0) is 23.3 Å². The van der Waals surface area contributed by atoms with Crippen LogP contribution in [0.3, 0.4) is 0 Å². The summed E-state index contributed by atoms with van der Waals surface area (Å²) in [6, 6.07) is 7.84. The van der Waals surface area contributed by atoms with Crippen molar-refractivity contribution in [2.24, 2.45) is 0 Å². The molecule has 13 heavy (non-hydrogen) atoms.